The van der Waals surface area contributed by atoms with Crippen LogP contribution in [0.25, 0.3) is 5.69 Å². The molecular formula is C18H26ClN5O. The van der Waals surface area contributed by atoms with E-state index in [-0.39, 0.29) is 24.4 Å². The summed E-state index contributed by atoms with van der Waals surface area (Å²) in [4.78, 5) is 14.8. The number of benzene rings is 1. The average Bonchev–Trinajstić information content (AvgIpc) is 2.95. The Labute approximate surface area is 154 Å². The molecule has 2 heterocycles. The third-order valence-electron chi connectivity index (χ3n) is 4.85. The molecule has 3 rings (SSSR count). The van der Waals surface area contributed by atoms with Gasteiger partial charge in [0.05, 0.1) is 11.4 Å². The molecule has 1 aromatic carbocycles. The molecule has 136 valence electrons. The molecule has 7 heteroatoms. The Bertz CT molecular complexity index is 745. The fraction of sp³-hybridized carbons (Fsp3) is 0.500. The number of hydrogen-bond donors (Lipinski definition) is 1. The minimum atomic E-state index is -0.0613. The van der Waals surface area contributed by atoms with Crippen molar-refractivity contribution in [3.63, 3.8) is 0 Å². The van der Waals surface area contributed by atoms with Crippen LogP contribution in [0.1, 0.15) is 41.5 Å². The molecule has 1 aliphatic rings. The highest BCUT2D eigenvalue weighted by Gasteiger charge is 2.32. The van der Waals surface area contributed by atoms with E-state index in [0.717, 1.165) is 36.3 Å². The average molecular weight is 364 g/mol. The second kappa shape index (κ2) is 7.97. The quantitative estimate of drug-likeness (QED) is 0.908. The SMILES string of the molecule is Cc1cccc(-n2nnc(C(=O)N3CCC(C)CC3CN)c2C)c1.Cl. The van der Waals surface area contributed by atoms with Gasteiger partial charge in [0, 0.05) is 19.1 Å². The number of carbonyl (C=O) groups excluding carboxylic acids is 1. The molecule has 25 heavy (non-hydrogen) atoms. The van der Waals surface area contributed by atoms with E-state index >= 15 is 0 Å². The molecule has 2 unspecified atom stereocenters. The number of halogens is 1. The molecule has 6 nitrogen and oxygen atoms in total. The van der Waals surface area contributed by atoms with Gasteiger partial charge in [-0.05, 0) is 50.3 Å². The number of likely N-dealkylation sites (tertiary alicyclic amines) is 1. The van der Waals surface area contributed by atoms with Gasteiger partial charge in [-0.3, -0.25) is 4.79 Å². The molecule has 1 saturated heterocycles. The lowest BCUT2D eigenvalue weighted by atomic mass is 9.92. The van der Waals surface area contributed by atoms with Crippen LogP contribution >= 0.6 is 12.4 Å². The van der Waals surface area contributed by atoms with Crippen LogP contribution in [0.3, 0.4) is 0 Å². The van der Waals surface area contributed by atoms with Gasteiger partial charge in [0.1, 0.15) is 0 Å². The maximum atomic E-state index is 13.0. The van der Waals surface area contributed by atoms with Crippen LogP contribution in [-0.4, -0.2) is 44.9 Å². The molecule has 1 amide bonds. The molecular weight excluding hydrogens is 338 g/mol. The number of nitrogens with zero attached hydrogens (tertiary/aromatic N) is 4. The first-order chi connectivity index (χ1) is 11.5. The van der Waals surface area contributed by atoms with E-state index in [9.17, 15) is 4.79 Å². The summed E-state index contributed by atoms with van der Waals surface area (Å²) in [5.74, 6) is 0.542. The van der Waals surface area contributed by atoms with Crippen molar-refractivity contribution in [1.82, 2.24) is 19.9 Å². The number of aromatic nitrogens is 3. The standard InChI is InChI=1S/C18H25N5O.ClH/c1-12-5-4-6-15(9-12)23-14(3)17(20-21-23)18(24)22-8-7-13(2)10-16(22)11-19;/h4-6,9,13,16H,7-8,10-11,19H2,1-3H3;1H. The first-order valence-electron chi connectivity index (χ1n) is 8.51. The predicted octanol–water partition coefficient (Wildman–Crippen LogP) is 2.51. The summed E-state index contributed by atoms with van der Waals surface area (Å²) in [6.07, 6.45) is 1.96. The van der Waals surface area contributed by atoms with Gasteiger partial charge < -0.3 is 10.6 Å². The summed E-state index contributed by atoms with van der Waals surface area (Å²) in [5, 5.41) is 8.36. The maximum absolute atomic E-state index is 13.0. The van der Waals surface area contributed by atoms with E-state index in [1.807, 2.05) is 43.0 Å². The van der Waals surface area contributed by atoms with Crippen LogP contribution in [0.2, 0.25) is 0 Å². The van der Waals surface area contributed by atoms with E-state index in [4.69, 9.17) is 5.73 Å². The normalized spacial score (nSPS) is 20.2. The fourth-order valence-corrected chi connectivity index (χ4v) is 3.41. The first-order valence-corrected chi connectivity index (χ1v) is 8.51. The Morgan fingerprint density at radius 1 is 1.36 bits per heavy atom. The van der Waals surface area contributed by atoms with Crippen LogP contribution in [0.15, 0.2) is 24.3 Å². The minimum absolute atomic E-state index is 0. The van der Waals surface area contributed by atoms with Crippen molar-refractivity contribution in [3.8, 4) is 5.69 Å². The van der Waals surface area contributed by atoms with Crippen LogP contribution in [0.4, 0.5) is 0 Å². The van der Waals surface area contributed by atoms with Crippen molar-refractivity contribution in [2.75, 3.05) is 13.1 Å². The van der Waals surface area contributed by atoms with Crippen molar-refractivity contribution in [2.45, 2.75) is 39.7 Å². The largest absolute Gasteiger partial charge is 0.333 e. The smallest absolute Gasteiger partial charge is 0.276 e. The van der Waals surface area contributed by atoms with E-state index in [0.29, 0.717) is 18.2 Å². The number of aryl methyl sites for hydroxylation is 1. The van der Waals surface area contributed by atoms with Gasteiger partial charge in [-0.1, -0.05) is 24.3 Å². The molecule has 0 spiro atoms. The van der Waals surface area contributed by atoms with Gasteiger partial charge in [-0.15, -0.1) is 17.5 Å². The van der Waals surface area contributed by atoms with Crippen LogP contribution in [-0.2, 0) is 0 Å². The van der Waals surface area contributed by atoms with Crippen LogP contribution < -0.4 is 5.73 Å². The van der Waals surface area contributed by atoms with Gasteiger partial charge in [0.2, 0.25) is 0 Å². The summed E-state index contributed by atoms with van der Waals surface area (Å²) in [6.45, 7) is 7.35. The summed E-state index contributed by atoms with van der Waals surface area (Å²) < 4.78 is 1.73. The van der Waals surface area contributed by atoms with Gasteiger partial charge in [0.25, 0.3) is 5.91 Å². The predicted molar refractivity (Wildman–Crippen MR) is 100 cm³/mol. The molecule has 1 aliphatic heterocycles. The fourth-order valence-electron chi connectivity index (χ4n) is 3.41. The molecule has 0 saturated carbocycles. The molecule has 2 N–H and O–H groups in total. The van der Waals surface area contributed by atoms with Crippen LogP contribution in [0, 0.1) is 19.8 Å². The Balaban J connectivity index is 0.00000225. The third kappa shape index (κ3) is 3.85. The van der Waals surface area contributed by atoms with Crippen molar-refractivity contribution in [1.29, 1.82) is 0 Å². The molecule has 0 aliphatic carbocycles. The van der Waals surface area contributed by atoms with Gasteiger partial charge in [-0.25, -0.2) is 4.68 Å². The highest BCUT2D eigenvalue weighted by atomic mass is 35.5. The third-order valence-corrected chi connectivity index (χ3v) is 4.85. The van der Waals surface area contributed by atoms with E-state index in [1.54, 1.807) is 4.68 Å². The Kier molecular flexibility index (Phi) is 6.19. The highest BCUT2D eigenvalue weighted by molar-refractivity contribution is 5.93. The summed E-state index contributed by atoms with van der Waals surface area (Å²) in [5.41, 5.74) is 9.13. The highest BCUT2D eigenvalue weighted by Crippen LogP contribution is 2.24. The number of carbonyl (C=O) groups is 1. The van der Waals surface area contributed by atoms with Crippen molar-refractivity contribution < 1.29 is 4.79 Å². The summed E-state index contributed by atoms with van der Waals surface area (Å²) in [7, 11) is 0. The molecule has 0 radical (unpaired) electrons. The molecule has 2 aromatic rings. The first kappa shape index (κ1) is 19.4. The van der Waals surface area contributed by atoms with Crippen molar-refractivity contribution in [2.24, 2.45) is 11.7 Å². The number of rotatable bonds is 3. The number of nitrogens with two attached hydrogens (primary N) is 1. The molecule has 2 atom stereocenters. The van der Waals surface area contributed by atoms with E-state index < -0.39 is 0 Å². The number of piperidine rings is 1. The second-order valence-electron chi connectivity index (χ2n) is 6.79. The van der Waals surface area contributed by atoms with E-state index in [1.165, 1.54) is 0 Å². The molecule has 0 bridgehead atoms. The zero-order valence-electron chi connectivity index (χ0n) is 15.0. The Hall–Kier alpha value is -1.92. The Morgan fingerprint density at radius 3 is 2.80 bits per heavy atom. The van der Waals surface area contributed by atoms with Gasteiger partial charge in [-0.2, -0.15) is 0 Å². The topological polar surface area (TPSA) is 77.0 Å². The second-order valence-corrected chi connectivity index (χ2v) is 6.79. The maximum Gasteiger partial charge on any atom is 0.276 e. The van der Waals surface area contributed by atoms with Gasteiger partial charge in [0.15, 0.2) is 5.69 Å². The zero-order chi connectivity index (χ0) is 17.3. The van der Waals surface area contributed by atoms with Crippen molar-refractivity contribution in [3.05, 3.63) is 41.2 Å². The zero-order valence-corrected chi connectivity index (χ0v) is 15.8. The van der Waals surface area contributed by atoms with E-state index in [2.05, 4.69) is 17.2 Å². The molecule has 1 aromatic heterocycles. The lowest BCUT2D eigenvalue weighted by Gasteiger charge is -2.37. The minimum Gasteiger partial charge on any atom is -0.333 e. The summed E-state index contributed by atoms with van der Waals surface area (Å²) >= 11 is 0. The number of amides is 1. The van der Waals surface area contributed by atoms with Crippen molar-refractivity contribution >= 4 is 18.3 Å². The lowest BCUT2D eigenvalue weighted by molar-refractivity contribution is 0.0566. The molecule has 1 fully saturated rings. The lowest BCUT2D eigenvalue weighted by Crippen LogP contribution is -2.49. The Morgan fingerprint density at radius 2 is 2.12 bits per heavy atom. The van der Waals surface area contributed by atoms with Gasteiger partial charge >= 0.3 is 0 Å². The monoisotopic (exact) mass is 363 g/mol. The van der Waals surface area contributed by atoms with Crippen LogP contribution in [0.5, 0.6) is 0 Å². The summed E-state index contributed by atoms with van der Waals surface area (Å²) in [6, 6.07) is 8.09. The number of hydrogen-bond acceptors (Lipinski definition) is 4.